The quantitative estimate of drug-likeness (QED) is 0.216. The number of benzene rings is 2. The van der Waals surface area contributed by atoms with Gasteiger partial charge in [-0.25, -0.2) is 31.4 Å². The highest BCUT2D eigenvalue weighted by atomic mass is 32.2. The number of ether oxygens (including phenoxy) is 1. The van der Waals surface area contributed by atoms with Crippen LogP contribution in [0.4, 0.5) is 23.7 Å². The first-order valence-corrected chi connectivity index (χ1v) is 22.1. The van der Waals surface area contributed by atoms with Crippen LogP contribution in [0.25, 0.3) is 0 Å². The Morgan fingerprint density at radius 1 is 1.05 bits per heavy atom. The summed E-state index contributed by atoms with van der Waals surface area (Å²) in [6.07, 6.45) is 7.69. The monoisotopic (exact) mass is 839 g/mol. The molecule has 12 nitrogen and oxygen atoms in total. The Labute approximate surface area is 345 Å². The number of aromatic nitrogens is 2. The first-order chi connectivity index (χ1) is 28.1. The van der Waals surface area contributed by atoms with Gasteiger partial charge >= 0.3 is 6.09 Å². The lowest BCUT2D eigenvalue weighted by Crippen LogP contribution is -2.57. The average molecular weight is 840 g/mol. The molecule has 2 aromatic carbocycles. The van der Waals surface area contributed by atoms with E-state index < -0.39 is 44.1 Å². The van der Waals surface area contributed by atoms with Gasteiger partial charge in [-0.3, -0.25) is 4.79 Å². The van der Waals surface area contributed by atoms with Crippen LogP contribution in [0.3, 0.4) is 0 Å². The van der Waals surface area contributed by atoms with Crippen molar-refractivity contribution in [1.29, 1.82) is 0 Å². The summed E-state index contributed by atoms with van der Waals surface area (Å²) in [5.74, 6) is -1.58. The highest BCUT2D eigenvalue weighted by Crippen LogP contribution is 2.52. The fourth-order valence-electron chi connectivity index (χ4n) is 10.3. The fraction of sp³-hybridized carbons (Fsp3) is 0.558. The third kappa shape index (κ3) is 8.49. The third-order valence-electron chi connectivity index (χ3n) is 13.3. The molecule has 3 atom stereocenters. The molecule has 0 spiro atoms. The average Bonchev–Trinajstić information content (AvgIpc) is 3.80. The van der Waals surface area contributed by atoms with Crippen LogP contribution < -0.4 is 10.2 Å². The molecule has 0 bridgehead atoms. The van der Waals surface area contributed by atoms with E-state index in [4.69, 9.17) is 4.74 Å². The number of amides is 2. The first kappa shape index (κ1) is 42.7. The second kappa shape index (κ2) is 17.3. The van der Waals surface area contributed by atoms with E-state index in [2.05, 4.69) is 26.3 Å². The summed E-state index contributed by atoms with van der Waals surface area (Å²) in [7, 11) is 0.856. The molecule has 4 heterocycles. The molecule has 4 fully saturated rings. The number of nitrogens with one attached hydrogen (secondary N) is 1. The van der Waals surface area contributed by atoms with Gasteiger partial charge in [-0.15, -0.1) is 0 Å². The Morgan fingerprint density at radius 2 is 1.78 bits per heavy atom. The molecule has 7 rings (SSSR count). The molecule has 1 saturated carbocycles. The molecular formula is C43H56F3N7O5S. The Kier molecular flexibility index (Phi) is 12.5. The van der Waals surface area contributed by atoms with Crippen LogP contribution in [0.5, 0.6) is 0 Å². The number of aryl methyl sites for hydroxylation is 1. The topological polar surface area (TPSA) is 120 Å². The number of sulfone groups is 1. The second-order valence-corrected chi connectivity index (χ2v) is 19.4. The Bertz CT molecular complexity index is 2150. The summed E-state index contributed by atoms with van der Waals surface area (Å²) in [4.78, 5) is 36.2. The van der Waals surface area contributed by atoms with E-state index in [1.165, 1.54) is 25.3 Å². The van der Waals surface area contributed by atoms with Crippen LogP contribution >= 0.6 is 0 Å². The van der Waals surface area contributed by atoms with Crippen LogP contribution in [-0.4, -0.2) is 123 Å². The number of likely N-dealkylation sites (tertiary alicyclic amines) is 2. The molecule has 0 radical (unpaired) electrons. The number of piperidine rings is 1. The van der Waals surface area contributed by atoms with E-state index in [-0.39, 0.29) is 59.7 Å². The highest BCUT2D eigenvalue weighted by Gasteiger charge is 2.52. The number of alkyl carbamates (subject to hydrolysis) is 1. The van der Waals surface area contributed by atoms with Crippen LogP contribution in [0.1, 0.15) is 49.1 Å². The van der Waals surface area contributed by atoms with Gasteiger partial charge in [0.1, 0.15) is 16.9 Å². The smallest absolute Gasteiger partial charge is 0.407 e. The van der Waals surface area contributed by atoms with E-state index >= 15 is 8.78 Å². The van der Waals surface area contributed by atoms with Crippen molar-refractivity contribution in [1.82, 2.24) is 29.6 Å². The molecule has 4 aliphatic rings. The molecule has 3 aromatic rings. The van der Waals surface area contributed by atoms with Gasteiger partial charge in [0.15, 0.2) is 21.5 Å². The summed E-state index contributed by atoms with van der Waals surface area (Å²) in [6, 6.07) is 9.85. The zero-order valence-corrected chi connectivity index (χ0v) is 35.2. The number of nitrogens with zero attached hydrogens (tertiary/aromatic N) is 6. The molecular weight excluding hydrogens is 784 g/mol. The molecule has 1 N–H and O–H groups in total. The number of hydrogen-bond acceptors (Lipinski definition) is 9. The van der Waals surface area contributed by atoms with E-state index in [0.717, 1.165) is 68.0 Å². The summed E-state index contributed by atoms with van der Waals surface area (Å²) in [5.41, 5.74) is 0.868. The number of carbonyl (C=O) groups excluding carboxylic acids is 2. The normalized spacial score (nSPS) is 21.9. The third-order valence-corrected chi connectivity index (χ3v) is 15.5. The summed E-state index contributed by atoms with van der Waals surface area (Å²) in [6.45, 7) is 9.03. The fourth-order valence-corrected chi connectivity index (χ4v) is 12.1. The van der Waals surface area contributed by atoms with E-state index in [0.29, 0.717) is 25.3 Å². The van der Waals surface area contributed by atoms with Gasteiger partial charge in [0.2, 0.25) is 0 Å². The maximum Gasteiger partial charge on any atom is 0.407 e. The molecule has 1 aliphatic carbocycles. The van der Waals surface area contributed by atoms with Crippen molar-refractivity contribution in [3.8, 4) is 0 Å². The van der Waals surface area contributed by atoms with Crippen LogP contribution in [0.2, 0.25) is 0 Å². The van der Waals surface area contributed by atoms with Gasteiger partial charge < -0.3 is 34.2 Å². The van der Waals surface area contributed by atoms with Crippen molar-refractivity contribution in [2.45, 2.75) is 73.7 Å². The zero-order chi connectivity index (χ0) is 42.2. The number of imidazole rings is 1. The van der Waals surface area contributed by atoms with Gasteiger partial charge in [-0.2, -0.15) is 0 Å². The molecule has 2 amide bonds. The number of methoxy groups -OCH3 is 1. The Hall–Kier alpha value is -4.41. The number of halogens is 3. The van der Waals surface area contributed by atoms with Gasteiger partial charge in [0.05, 0.1) is 17.7 Å². The van der Waals surface area contributed by atoms with Crippen molar-refractivity contribution in [2.75, 3.05) is 71.9 Å². The lowest BCUT2D eigenvalue weighted by atomic mass is 9.58. The molecule has 0 unspecified atom stereocenters. The summed E-state index contributed by atoms with van der Waals surface area (Å²) in [5, 5.41) is 2.18. The lowest BCUT2D eigenvalue weighted by molar-refractivity contribution is -0.131. The number of hydrogen-bond donors (Lipinski definition) is 1. The zero-order valence-electron chi connectivity index (χ0n) is 34.4. The van der Waals surface area contributed by atoms with Crippen molar-refractivity contribution >= 4 is 27.5 Å². The van der Waals surface area contributed by atoms with Crippen molar-refractivity contribution in [3.05, 3.63) is 89.8 Å². The SMILES string of the molecule is C=C(F)C(=O)N1CC(S(=O)(=O)c2ccc(N3CC(CN4CCC([C@@](Cn5ccnc5C)(c5cccc(F)c5)[C@H]5CCC[C@@H]5NC(=O)OC)CC4)C3)c(F)c2CN(C)C)C1. The standard InChI is InChI=1S/C43H56F3N7O5S/c1-28(44)41(54)53-24-34(25-53)59(56,57)39-13-12-38(40(46)35(39)26-49(3)4)52-22-30(23-52)21-50-17-14-31(15-18-50)43(27-51-19-16-47-29(51)2,32-8-6-9-33(45)20-32)36-10-7-11-37(36)48-42(55)58-5/h6,8-9,12-13,16,19-20,30-31,34,36-37H,1,7,10-11,14-15,17-18,21-27H2,2-5H3,(H,48,55)/t36-,37-,43-/m0/s1. The van der Waals surface area contributed by atoms with Crippen LogP contribution in [-0.2, 0) is 37.9 Å². The van der Waals surface area contributed by atoms with Gasteiger partial charge in [0, 0.05) is 81.1 Å². The van der Waals surface area contributed by atoms with E-state index in [1.807, 2.05) is 24.1 Å². The molecule has 3 saturated heterocycles. The van der Waals surface area contributed by atoms with Crippen LogP contribution in [0, 0.1) is 36.3 Å². The maximum atomic E-state index is 16.4. The minimum Gasteiger partial charge on any atom is -0.453 e. The molecule has 16 heteroatoms. The summed E-state index contributed by atoms with van der Waals surface area (Å²) < 4.78 is 79.4. The molecule has 1 aromatic heterocycles. The predicted molar refractivity (Wildman–Crippen MR) is 218 cm³/mol. The van der Waals surface area contributed by atoms with Crippen molar-refractivity contribution in [3.63, 3.8) is 0 Å². The molecule has 59 heavy (non-hydrogen) atoms. The van der Waals surface area contributed by atoms with Gasteiger partial charge in [-0.05, 0) is 101 Å². The van der Waals surface area contributed by atoms with Gasteiger partial charge in [0.25, 0.3) is 5.91 Å². The van der Waals surface area contributed by atoms with E-state index in [9.17, 15) is 22.4 Å². The lowest BCUT2D eigenvalue weighted by Gasteiger charge is -2.51. The number of anilines is 1. The van der Waals surface area contributed by atoms with E-state index in [1.54, 1.807) is 37.3 Å². The maximum absolute atomic E-state index is 16.4. The molecule has 320 valence electrons. The largest absolute Gasteiger partial charge is 0.453 e. The second-order valence-electron chi connectivity index (χ2n) is 17.2. The van der Waals surface area contributed by atoms with Crippen molar-refractivity contribution in [2.24, 2.45) is 17.8 Å². The number of rotatable bonds is 14. The van der Waals surface area contributed by atoms with Crippen molar-refractivity contribution < 1.29 is 35.9 Å². The Morgan fingerprint density at radius 3 is 2.41 bits per heavy atom. The molecule has 3 aliphatic heterocycles. The van der Waals surface area contributed by atoms with Gasteiger partial charge in [-0.1, -0.05) is 25.1 Å². The highest BCUT2D eigenvalue weighted by molar-refractivity contribution is 7.92. The number of carbonyl (C=O) groups is 2. The minimum absolute atomic E-state index is 0.0325. The predicted octanol–water partition coefficient (Wildman–Crippen LogP) is 5.31. The Balaban J connectivity index is 1.05. The first-order valence-electron chi connectivity index (χ1n) is 20.5. The minimum atomic E-state index is -4.01. The van der Waals surface area contributed by atoms with Crippen LogP contribution in [0.15, 0.2) is 66.1 Å². The summed E-state index contributed by atoms with van der Waals surface area (Å²) >= 11 is 0.